The first kappa shape index (κ1) is 16.3. The maximum absolute atomic E-state index is 12.1. The molecular formula is C13H23N3O4. The zero-order valence-electron chi connectivity index (χ0n) is 12.2. The van der Waals surface area contributed by atoms with Crippen LogP contribution in [0.2, 0.25) is 0 Å². The summed E-state index contributed by atoms with van der Waals surface area (Å²) >= 11 is 0. The Kier molecular flexibility index (Phi) is 5.79. The molecule has 1 aliphatic carbocycles. The van der Waals surface area contributed by atoms with Crippen LogP contribution < -0.4 is 10.6 Å². The second kappa shape index (κ2) is 7.12. The number of carboxylic acid groups (broad SMARTS) is 1. The maximum Gasteiger partial charge on any atom is 0.318 e. The van der Waals surface area contributed by atoms with Gasteiger partial charge in [0.15, 0.2) is 0 Å². The lowest BCUT2D eigenvalue weighted by atomic mass is 10.3. The number of nitrogens with zero attached hydrogens (tertiary/aromatic N) is 1. The maximum atomic E-state index is 12.1. The summed E-state index contributed by atoms with van der Waals surface area (Å²) < 4.78 is 0. The largest absolute Gasteiger partial charge is 0.481 e. The van der Waals surface area contributed by atoms with Gasteiger partial charge in [0.05, 0.1) is 6.42 Å². The van der Waals surface area contributed by atoms with Crippen molar-refractivity contribution < 1.29 is 19.5 Å². The molecule has 1 aliphatic rings. The fourth-order valence-corrected chi connectivity index (χ4v) is 1.80. The van der Waals surface area contributed by atoms with Gasteiger partial charge in [0, 0.05) is 18.6 Å². The van der Waals surface area contributed by atoms with E-state index >= 15 is 0 Å². The first-order chi connectivity index (χ1) is 9.31. The van der Waals surface area contributed by atoms with Crippen LogP contribution in [0.4, 0.5) is 4.79 Å². The number of carbonyl (C=O) groups excluding carboxylic acids is 2. The third kappa shape index (κ3) is 5.46. The van der Waals surface area contributed by atoms with E-state index in [4.69, 9.17) is 5.11 Å². The van der Waals surface area contributed by atoms with Crippen LogP contribution >= 0.6 is 0 Å². The first-order valence-corrected chi connectivity index (χ1v) is 6.90. The van der Waals surface area contributed by atoms with E-state index in [0.29, 0.717) is 0 Å². The van der Waals surface area contributed by atoms with E-state index in [0.717, 1.165) is 12.8 Å². The van der Waals surface area contributed by atoms with Gasteiger partial charge < -0.3 is 20.6 Å². The Balaban J connectivity index is 2.48. The third-order valence-corrected chi connectivity index (χ3v) is 2.98. The van der Waals surface area contributed by atoms with Gasteiger partial charge in [-0.1, -0.05) is 0 Å². The number of carboxylic acids is 1. The van der Waals surface area contributed by atoms with Crippen LogP contribution in [0.15, 0.2) is 0 Å². The number of carbonyl (C=O) groups is 3. The topological polar surface area (TPSA) is 98.7 Å². The van der Waals surface area contributed by atoms with E-state index in [1.165, 1.54) is 4.90 Å². The number of hydrogen-bond donors (Lipinski definition) is 3. The predicted molar refractivity (Wildman–Crippen MR) is 73.3 cm³/mol. The molecule has 0 spiro atoms. The highest BCUT2D eigenvalue weighted by Crippen LogP contribution is 2.26. The highest BCUT2D eigenvalue weighted by atomic mass is 16.4. The van der Waals surface area contributed by atoms with Crippen LogP contribution in [0.3, 0.4) is 0 Å². The summed E-state index contributed by atoms with van der Waals surface area (Å²) in [4.78, 5) is 35.9. The summed E-state index contributed by atoms with van der Waals surface area (Å²) in [7, 11) is 0. The lowest BCUT2D eigenvalue weighted by Gasteiger charge is -2.24. The smallest absolute Gasteiger partial charge is 0.318 e. The van der Waals surface area contributed by atoms with Crippen molar-refractivity contribution in [3.05, 3.63) is 0 Å². The molecular weight excluding hydrogens is 262 g/mol. The van der Waals surface area contributed by atoms with Crippen LogP contribution in [0.5, 0.6) is 0 Å². The van der Waals surface area contributed by atoms with Gasteiger partial charge in [0.1, 0.15) is 6.04 Å². The lowest BCUT2D eigenvalue weighted by Crippen LogP contribution is -2.51. The van der Waals surface area contributed by atoms with E-state index in [9.17, 15) is 14.4 Å². The molecule has 114 valence electrons. The summed E-state index contributed by atoms with van der Waals surface area (Å²) in [5.41, 5.74) is 0. The highest BCUT2D eigenvalue weighted by molar-refractivity contribution is 5.87. The van der Waals surface area contributed by atoms with Crippen molar-refractivity contribution in [1.82, 2.24) is 15.5 Å². The molecule has 0 bridgehead atoms. The van der Waals surface area contributed by atoms with Gasteiger partial charge >= 0.3 is 12.0 Å². The number of hydrogen-bond acceptors (Lipinski definition) is 3. The molecule has 0 aliphatic heterocycles. The molecule has 0 heterocycles. The van der Waals surface area contributed by atoms with E-state index in [1.54, 1.807) is 6.92 Å². The summed E-state index contributed by atoms with van der Waals surface area (Å²) in [6.07, 6.45) is 1.69. The molecule has 7 nitrogen and oxygen atoms in total. The molecule has 0 aromatic heterocycles. The minimum absolute atomic E-state index is 0.00778. The van der Waals surface area contributed by atoms with Gasteiger partial charge in [-0.2, -0.15) is 0 Å². The van der Waals surface area contributed by atoms with Gasteiger partial charge in [-0.05, 0) is 33.6 Å². The van der Waals surface area contributed by atoms with Crippen LogP contribution in [-0.2, 0) is 9.59 Å². The molecule has 1 rings (SSSR count). The molecule has 1 fully saturated rings. The standard InChI is InChI=1S/C13H23N3O4/c1-8(2)14-12(19)9(3)15-13(20)16(10-4-5-10)7-6-11(17)18/h8-10H,4-7H2,1-3H3,(H,14,19)(H,15,20)(H,17,18). The molecule has 0 radical (unpaired) electrons. The van der Waals surface area contributed by atoms with Gasteiger partial charge in [-0.3, -0.25) is 9.59 Å². The quantitative estimate of drug-likeness (QED) is 0.636. The summed E-state index contributed by atoms with van der Waals surface area (Å²) in [6, 6.07) is -0.903. The molecule has 0 aromatic rings. The normalized spacial score (nSPS) is 15.6. The highest BCUT2D eigenvalue weighted by Gasteiger charge is 2.33. The molecule has 3 N–H and O–H groups in total. The number of urea groups is 1. The molecule has 1 atom stereocenters. The van der Waals surface area contributed by atoms with E-state index in [2.05, 4.69) is 10.6 Å². The minimum atomic E-state index is -0.936. The van der Waals surface area contributed by atoms with Crippen molar-refractivity contribution in [3.63, 3.8) is 0 Å². The Morgan fingerprint density at radius 2 is 1.80 bits per heavy atom. The Bertz CT molecular complexity index is 380. The van der Waals surface area contributed by atoms with E-state index < -0.39 is 12.0 Å². The molecule has 3 amide bonds. The molecule has 0 aromatic carbocycles. The number of nitrogens with one attached hydrogen (secondary N) is 2. The summed E-state index contributed by atoms with van der Waals surface area (Å²) in [5, 5.41) is 14.0. The van der Waals surface area contributed by atoms with E-state index in [1.807, 2.05) is 13.8 Å². The van der Waals surface area contributed by atoms with Gasteiger partial charge in [0.25, 0.3) is 0 Å². The molecule has 1 unspecified atom stereocenters. The SMILES string of the molecule is CC(C)NC(=O)C(C)NC(=O)N(CCC(=O)O)C1CC1. The molecule has 20 heavy (non-hydrogen) atoms. The Morgan fingerprint density at radius 3 is 2.25 bits per heavy atom. The average molecular weight is 285 g/mol. The van der Waals surface area contributed by atoms with Gasteiger partial charge in [-0.15, -0.1) is 0 Å². The monoisotopic (exact) mass is 285 g/mol. The first-order valence-electron chi connectivity index (χ1n) is 6.90. The fraction of sp³-hybridized carbons (Fsp3) is 0.769. The Labute approximate surface area is 118 Å². The lowest BCUT2D eigenvalue weighted by molar-refractivity contribution is -0.137. The van der Waals surface area contributed by atoms with Crippen LogP contribution in [-0.4, -0.2) is 52.6 Å². The van der Waals surface area contributed by atoms with Crippen molar-refractivity contribution in [2.24, 2.45) is 0 Å². The Morgan fingerprint density at radius 1 is 1.20 bits per heavy atom. The van der Waals surface area contributed by atoms with Crippen molar-refractivity contribution in [3.8, 4) is 0 Å². The second-order valence-electron chi connectivity index (χ2n) is 5.40. The molecule has 7 heteroatoms. The second-order valence-corrected chi connectivity index (χ2v) is 5.40. The van der Waals surface area contributed by atoms with Gasteiger partial charge in [-0.25, -0.2) is 4.79 Å². The van der Waals surface area contributed by atoms with Crippen molar-refractivity contribution in [2.45, 2.75) is 58.2 Å². The molecule has 0 saturated heterocycles. The third-order valence-electron chi connectivity index (χ3n) is 2.98. The van der Waals surface area contributed by atoms with Gasteiger partial charge in [0.2, 0.25) is 5.91 Å². The van der Waals surface area contributed by atoms with Crippen molar-refractivity contribution in [2.75, 3.05) is 6.54 Å². The fourth-order valence-electron chi connectivity index (χ4n) is 1.80. The summed E-state index contributed by atoms with van der Waals surface area (Å²) in [6.45, 7) is 5.47. The number of amides is 3. The zero-order valence-corrected chi connectivity index (χ0v) is 12.2. The van der Waals surface area contributed by atoms with Crippen molar-refractivity contribution in [1.29, 1.82) is 0 Å². The average Bonchev–Trinajstić information content (AvgIpc) is 3.12. The van der Waals surface area contributed by atoms with E-state index in [-0.39, 0.29) is 37.0 Å². The Hall–Kier alpha value is -1.79. The van der Waals surface area contributed by atoms with Crippen LogP contribution in [0, 0.1) is 0 Å². The number of rotatable bonds is 7. The van der Waals surface area contributed by atoms with Crippen molar-refractivity contribution >= 4 is 17.9 Å². The summed E-state index contributed by atoms with van der Waals surface area (Å²) in [5.74, 6) is -1.18. The predicted octanol–water partition coefficient (Wildman–Crippen LogP) is 0.548. The molecule has 1 saturated carbocycles. The van der Waals surface area contributed by atoms with Crippen LogP contribution in [0.1, 0.15) is 40.0 Å². The zero-order chi connectivity index (χ0) is 15.3. The minimum Gasteiger partial charge on any atom is -0.481 e. The number of aliphatic carboxylic acids is 1. The van der Waals surface area contributed by atoms with Crippen LogP contribution in [0.25, 0.3) is 0 Å².